The second-order valence-corrected chi connectivity index (χ2v) is 10.2. The average molecular weight is 450 g/mol. The minimum Gasteiger partial charge on any atom is -0.368 e. The molecular weight excluding hydrogens is 433 g/mol. The number of piperazine rings is 1. The second kappa shape index (κ2) is 7.94. The maximum Gasteiger partial charge on any atom is 0.276 e. The van der Waals surface area contributed by atoms with Crippen molar-refractivity contribution in [3.63, 3.8) is 0 Å². The van der Waals surface area contributed by atoms with Crippen LogP contribution in [0.25, 0.3) is 0 Å². The molecule has 7 nitrogen and oxygen atoms in total. The van der Waals surface area contributed by atoms with Crippen LogP contribution in [0, 0.1) is 6.92 Å². The van der Waals surface area contributed by atoms with Crippen molar-refractivity contribution in [3.8, 4) is 0 Å². The lowest BCUT2D eigenvalue weighted by Gasteiger charge is -2.36. The van der Waals surface area contributed by atoms with Crippen LogP contribution in [-0.4, -0.2) is 50.0 Å². The minimum atomic E-state index is -3.73. The number of thiophene rings is 1. The lowest BCUT2D eigenvalue weighted by Crippen LogP contribution is -2.49. The van der Waals surface area contributed by atoms with Crippen LogP contribution in [0.2, 0.25) is 8.67 Å². The summed E-state index contributed by atoms with van der Waals surface area (Å²) in [5, 5.41) is 8.98. The van der Waals surface area contributed by atoms with Crippen molar-refractivity contribution in [1.29, 1.82) is 0 Å². The van der Waals surface area contributed by atoms with Crippen LogP contribution in [0.1, 0.15) is 15.9 Å². The lowest BCUT2D eigenvalue weighted by molar-refractivity contribution is 0.0706. The summed E-state index contributed by atoms with van der Waals surface area (Å²) in [6, 6.07) is 6.69. The molecule has 2 heterocycles. The van der Waals surface area contributed by atoms with Gasteiger partial charge in [-0.2, -0.15) is 4.31 Å². The van der Waals surface area contributed by atoms with E-state index in [1.165, 1.54) is 10.4 Å². The molecule has 1 aliphatic heterocycles. The molecule has 1 saturated heterocycles. The summed E-state index contributed by atoms with van der Waals surface area (Å²) >= 11 is 12.9. The number of nitrogens with one attached hydrogen (secondary N) is 1. The van der Waals surface area contributed by atoms with E-state index in [1.54, 1.807) is 17.6 Å². The van der Waals surface area contributed by atoms with Crippen LogP contribution < -0.4 is 10.4 Å². The molecule has 1 amide bonds. The Kier molecular flexibility index (Phi) is 5.99. The predicted molar refractivity (Wildman–Crippen MR) is 106 cm³/mol. The summed E-state index contributed by atoms with van der Waals surface area (Å²) in [6.45, 7) is 3.10. The first-order valence-electron chi connectivity index (χ1n) is 7.99. The van der Waals surface area contributed by atoms with Crippen molar-refractivity contribution >= 4 is 56.2 Å². The summed E-state index contributed by atoms with van der Waals surface area (Å²) in [5.74, 6) is -0.608. The van der Waals surface area contributed by atoms with Gasteiger partial charge in [-0.3, -0.25) is 10.0 Å². The Morgan fingerprint density at radius 3 is 2.41 bits per heavy atom. The molecule has 3 rings (SSSR count). The zero-order valence-corrected chi connectivity index (χ0v) is 17.4. The Morgan fingerprint density at radius 2 is 1.85 bits per heavy atom. The van der Waals surface area contributed by atoms with Gasteiger partial charge in [0.05, 0.1) is 9.90 Å². The quantitative estimate of drug-likeness (QED) is 0.552. The van der Waals surface area contributed by atoms with E-state index >= 15 is 0 Å². The molecule has 27 heavy (non-hydrogen) atoms. The summed E-state index contributed by atoms with van der Waals surface area (Å²) in [6.07, 6.45) is 0. The number of hydrogen-bond acceptors (Lipinski definition) is 6. The van der Waals surface area contributed by atoms with Crippen molar-refractivity contribution in [2.45, 2.75) is 11.8 Å². The van der Waals surface area contributed by atoms with Gasteiger partial charge in [-0.15, -0.1) is 11.3 Å². The van der Waals surface area contributed by atoms with Crippen molar-refractivity contribution in [3.05, 3.63) is 44.1 Å². The number of hydrogen-bond donors (Lipinski definition) is 2. The molecule has 0 atom stereocenters. The third-order valence-electron chi connectivity index (χ3n) is 4.32. The molecule has 1 fully saturated rings. The summed E-state index contributed by atoms with van der Waals surface area (Å²) < 4.78 is 27.4. The number of carbonyl (C=O) groups is 1. The van der Waals surface area contributed by atoms with Crippen LogP contribution in [0.3, 0.4) is 0 Å². The second-order valence-electron chi connectivity index (χ2n) is 6.04. The maximum atomic E-state index is 12.8. The van der Waals surface area contributed by atoms with Crippen molar-refractivity contribution in [1.82, 2.24) is 9.79 Å². The monoisotopic (exact) mass is 449 g/mol. The van der Waals surface area contributed by atoms with Gasteiger partial charge in [0.2, 0.25) is 10.0 Å². The van der Waals surface area contributed by atoms with Gasteiger partial charge in [0.25, 0.3) is 5.91 Å². The molecule has 1 aliphatic rings. The van der Waals surface area contributed by atoms with Crippen molar-refractivity contribution < 1.29 is 18.4 Å². The third-order valence-corrected chi connectivity index (χ3v) is 7.97. The number of anilines is 1. The zero-order valence-electron chi connectivity index (χ0n) is 14.3. The molecule has 11 heteroatoms. The molecule has 0 spiro atoms. The summed E-state index contributed by atoms with van der Waals surface area (Å²) in [7, 11) is -3.73. The first-order valence-corrected chi connectivity index (χ1v) is 11.0. The van der Waals surface area contributed by atoms with Crippen molar-refractivity contribution in [2.24, 2.45) is 0 Å². The highest BCUT2D eigenvalue weighted by Crippen LogP contribution is 2.36. The van der Waals surface area contributed by atoms with E-state index in [-0.39, 0.29) is 22.3 Å². The number of amides is 1. The maximum absolute atomic E-state index is 12.8. The van der Waals surface area contributed by atoms with Crippen LogP contribution in [0.4, 0.5) is 5.69 Å². The van der Waals surface area contributed by atoms with Gasteiger partial charge < -0.3 is 4.90 Å². The first kappa shape index (κ1) is 20.4. The van der Waals surface area contributed by atoms with Crippen LogP contribution in [0.15, 0.2) is 29.2 Å². The van der Waals surface area contributed by atoms with Gasteiger partial charge in [-0.25, -0.2) is 13.9 Å². The van der Waals surface area contributed by atoms with Gasteiger partial charge in [0.15, 0.2) is 0 Å². The van der Waals surface area contributed by atoms with Gasteiger partial charge in [-0.05, 0) is 25.1 Å². The lowest BCUT2D eigenvalue weighted by atomic mass is 10.1. The van der Waals surface area contributed by atoms with Crippen molar-refractivity contribution in [2.75, 3.05) is 31.1 Å². The average Bonchev–Trinajstić information content (AvgIpc) is 3.00. The van der Waals surface area contributed by atoms with Gasteiger partial charge in [0.1, 0.15) is 9.23 Å². The predicted octanol–water partition coefficient (Wildman–Crippen LogP) is 2.99. The molecule has 0 radical (unpaired) electrons. The number of rotatable bonds is 4. The van der Waals surface area contributed by atoms with E-state index in [9.17, 15) is 13.2 Å². The van der Waals surface area contributed by atoms with Crippen LogP contribution in [0.5, 0.6) is 0 Å². The molecule has 2 N–H and O–H groups in total. The van der Waals surface area contributed by atoms with Gasteiger partial charge in [0, 0.05) is 31.9 Å². The largest absolute Gasteiger partial charge is 0.368 e. The number of halogens is 2. The highest BCUT2D eigenvalue weighted by molar-refractivity contribution is 7.89. The first-order chi connectivity index (χ1) is 12.7. The van der Waals surface area contributed by atoms with E-state index in [0.717, 1.165) is 16.9 Å². The molecule has 0 unspecified atom stereocenters. The zero-order chi connectivity index (χ0) is 19.8. The molecule has 2 aromatic rings. The Morgan fingerprint density at radius 1 is 1.19 bits per heavy atom. The van der Waals surface area contributed by atoms with Crippen LogP contribution in [-0.2, 0) is 10.0 Å². The smallest absolute Gasteiger partial charge is 0.276 e. The molecule has 0 aliphatic carbocycles. The molecular formula is C16H17Cl2N3O4S2. The number of aryl methyl sites for hydroxylation is 1. The fourth-order valence-corrected chi connectivity index (χ4v) is 6.51. The van der Waals surface area contributed by atoms with E-state index in [1.807, 2.05) is 17.9 Å². The molecule has 0 bridgehead atoms. The van der Waals surface area contributed by atoms with E-state index in [2.05, 4.69) is 0 Å². The SMILES string of the molecule is Cc1ccc(N2CCN(S(=O)(=O)c3cc(Cl)sc3Cl)CC2)c(C(=O)NO)c1. The number of carbonyl (C=O) groups excluding carboxylic acids is 1. The minimum absolute atomic E-state index is 0.0169. The number of nitrogens with zero attached hydrogens (tertiary/aromatic N) is 2. The normalized spacial score (nSPS) is 15.8. The Balaban J connectivity index is 1.80. The third kappa shape index (κ3) is 4.08. The highest BCUT2D eigenvalue weighted by Gasteiger charge is 2.32. The number of sulfonamides is 1. The topological polar surface area (TPSA) is 90.0 Å². The Labute approximate surface area is 171 Å². The van der Waals surface area contributed by atoms with Gasteiger partial charge >= 0.3 is 0 Å². The Hall–Kier alpha value is -1.36. The Bertz CT molecular complexity index is 970. The highest BCUT2D eigenvalue weighted by atomic mass is 35.5. The fourth-order valence-electron chi connectivity index (χ4n) is 2.98. The van der Waals surface area contributed by atoms with Gasteiger partial charge in [-0.1, -0.05) is 34.8 Å². The summed E-state index contributed by atoms with van der Waals surface area (Å²) in [5.41, 5.74) is 3.50. The van der Waals surface area contributed by atoms with E-state index in [4.69, 9.17) is 28.4 Å². The van der Waals surface area contributed by atoms with E-state index in [0.29, 0.717) is 28.7 Å². The molecule has 1 aromatic heterocycles. The van der Waals surface area contributed by atoms with E-state index < -0.39 is 15.9 Å². The number of hydroxylamine groups is 1. The molecule has 1 aromatic carbocycles. The number of benzene rings is 1. The molecule has 146 valence electrons. The fraction of sp³-hybridized carbons (Fsp3) is 0.312. The standard InChI is InChI=1S/C16H17Cl2N3O4S2/c1-10-2-3-12(11(8-10)16(22)19-23)20-4-6-21(7-5-20)27(24,25)13-9-14(17)26-15(13)18/h2-3,8-9,23H,4-7H2,1H3,(H,19,22). The molecule has 0 saturated carbocycles. The summed E-state index contributed by atoms with van der Waals surface area (Å²) in [4.78, 5) is 13.9. The van der Waals surface area contributed by atoms with Crippen LogP contribution >= 0.6 is 34.5 Å².